The van der Waals surface area contributed by atoms with Crippen LogP contribution in [-0.4, -0.2) is 31.8 Å². The van der Waals surface area contributed by atoms with Gasteiger partial charge in [0.25, 0.3) is 0 Å². The lowest BCUT2D eigenvalue weighted by atomic mass is 9.83. The van der Waals surface area contributed by atoms with Gasteiger partial charge in [0.15, 0.2) is 11.5 Å². The summed E-state index contributed by atoms with van der Waals surface area (Å²) < 4.78 is 13.6. The number of benzene rings is 5. The first kappa shape index (κ1) is 22.5. The Morgan fingerprint density at radius 3 is 2.35 bits per heavy atom. The highest BCUT2D eigenvalue weighted by Crippen LogP contribution is 2.50. The van der Waals surface area contributed by atoms with Crippen molar-refractivity contribution in [2.75, 3.05) is 7.11 Å². The first-order valence-corrected chi connectivity index (χ1v) is 13.0. The van der Waals surface area contributed by atoms with Gasteiger partial charge in [0.1, 0.15) is 23.6 Å². The molecule has 1 unspecified atom stereocenters. The number of nitrogens with zero attached hydrogens (tertiary/aromatic N) is 4. The van der Waals surface area contributed by atoms with E-state index >= 15 is 0 Å². The van der Waals surface area contributed by atoms with Gasteiger partial charge in [-0.15, -0.1) is 5.10 Å². The number of aromatic nitrogens is 4. The van der Waals surface area contributed by atoms with Crippen LogP contribution in [0.25, 0.3) is 38.6 Å². The quantitative estimate of drug-likeness (QED) is 0.267. The number of hydrogen-bond donors (Lipinski definition) is 1. The molecule has 0 amide bonds. The van der Waals surface area contributed by atoms with Gasteiger partial charge < -0.3 is 14.6 Å². The summed E-state index contributed by atoms with van der Waals surface area (Å²) in [7, 11) is 1.66. The van der Waals surface area contributed by atoms with E-state index in [0.717, 1.165) is 49.7 Å². The van der Waals surface area contributed by atoms with Crippen LogP contribution in [0.15, 0.2) is 103 Å². The van der Waals surface area contributed by atoms with Crippen molar-refractivity contribution in [3.63, 3.8) is 0 Å². The highest BCUT2D eigenvalue weighted by molar-refractivity contribution is 5.94. The zero-order valence-corrected chi connectivity index (χ0v) is 21.4. The van der Waals surface area contributed by atoms with E-state index in [1.54, 1.807) is 18.0 Å². The molecule has 40 heavy (non-hydrogen) atoms. The van der Waals surface area contributed by atoms with E-state index in [0.29, 0.717) is 22.9 Å². The zero-order valence-electron chi connectivity index (χ0n) is 21.4. The molecule has 0 fully saturated rings. The van der Waals surface area contributed by atoms with Crippen LogP contribution in [0.2, 0.25) is 0 Å². The summed E-state index contributed by atoms with van der Waals surface area (Å²) in [6, 6.07) is 32.0. The lowest BCUT2D eigenvalue weighted by molar-refractivity contribution is 0.414. The Balaban J connectivity index is 1.38. The van der Waals surface area contributed by atoms with Crippen molar-refractivity contribution in [2.24, 2.45) is 0 Å². The molecule has 3 heterocycles. The molecule has 7 nitrogen and oxygen atoms in total. The monoisotopic (exact) mass is 522 g/mol. The van der Waals surface area contributed by atoms with E-state index in [4.69, 9.17) is 24.5 Å². The van der Waals surface area contributed by atoms with E-state index in [9.17, 15) is 5.11 Å². The number of aromatic hydroxyl groups is 1. The van der Waals surface area contributed by atoms with E-state index in [1.165, 1.54) is 0 Å². The van der Waals surface area contributed by atoms with Crippen LogP contribution in [-0.2, 0) is 0 Å². The summed E-state index contributed by atoms with van der Waals surface area (Å²) in [6.07, 6.45) is 1.62. The Hall–Kier alpha value is -5.43. The summed E-state index contributed by atoms with van der Waals surface area (Å²) in [5.41, 5.74) is 4.06. The molecular weight excluding hydrogens is 500 g/mol. The predicted molar refractivity (Wildman–Crippen MR) is 153 cm³/mol. The normalized spacial score (nSPS) is 14.2. The average Bonchev–Trinajstić information content (AvgIpc) is 3.45. The third-order valence-electron chi connectivity index (χ3n) is 7.69. The minimum absolute atomic E-state index is 0.149. The van der Waals surface area contributed by atoms with Gasteiger partial charge in [-0.3, -0.25) is 0 Å². The van der Waals surface area contributed by atoms with Crippen LogP contribution in [0, 0.1) is 0 Å². The van der Waals surface area contributed by atoms with Crippen LogP contribution >= 0.6 is 0 Å². The van der Waals surface area contributed by atoms with Crippen molar-refractivity contribution in [3.05, 3.63) is 120 Å². The Labute approximate surface area is 228 Å². The standard InChI is InChI=1S/C33H22N4O3/c1-39-22-14-10-21(11-15-22)27-25-16-12-20-7-3-5-9-24(20)30(25)40-33-28(27)32-35-31(36-37(32)18-34-33)26-17-13-19-6-2-4-8-23(19)29(26)38/h2-18,27,38H,1H3. The van der Waals surface area contributed by atoms with Crippen LogP contribution in [0.4, 0.5) is 0 Å². The maximum Gasteiger partial charge on any atom is 0.228 e. The predicted octanol–water partition coefficient (Wildman–Crippen LogP) is 7.10. The van der Waals surface area contributed by atoms with Crippen LogP contribution < -0.4 is 9.47 Å². The fraction of sp³-hybridized carbons (Fsp3) is 0.0606. The molecule has 2 aromatic heterocycles. The molecule has 0 bridgehead atoms. The number of methoxy groups -OCH3 is 1. The lowest BCUT2D eigenvalue weighted by Crippen LogP contribution is -2.15. The molecule has 0 aliphatic carbocycles. The third kappa shape index (κ3) is 3.27. The number of rotatable bonds is 3. The lowest BCUT2D eigenvalue weighted by Gasteiger charge is -2.28. The van der Waals surface area contributed by atoms with Gasteiger partial charge in [0.05, 0.1) is 18.2 Å². The fourth-order valence-corrected chi connectivity index (χ4v) is 5.74. The smallest absolute Gasteiger partial charge is 0.228 e. The number of phenolic OH excluding ortho intramolecular Hbond substituents is 1. The van der Waals surface area contributed by atoms with Crippen molar-refractivity contribution in [3.8, 4) is 34.5 Å². The van der Waals surface area contributed by atoms with Crippen molar-refractivity contribution in [1.29, 1.82) is 0 Å². The number of ether oxygens (including phenoxy) is 2. The molecule has 0 spiro atoms. The largest absolute Gasteiger partial charge is 0.507 e. The maximum atomic E-state index is 11.1. The SMILES string of the molecule is COc1ccc(C2c3ccc4ccccc4c3Oc3ncn4nc(-c5ccc6ccccc6c5O)nc4c32)cc1. The Bertz CT molecular complexity index is 2100. The van der Waals surface area contributed by atoms with Crippen LogP contribution in [0.1, 0.15) is 22.6 Å². The number of hydrogen-bond acceptors (Lipinski definition) is 6. The van der Waals surface area contributed by atoms with Crippen molar-refractivity contribution in [2.45, 2.75) is 5.92 Å². The first-order chi connectivity index (χ1) is 19.7. The zero-order chi connectivity index (χ0) is 26.8. The summed E-state index contributed by atoms with van der Waals surface area (Å²) in [5, 5.41) is 19.7. The molecule has 1 aliphatic rings. The molecule has 1 N–H and O–H groups in total. The Morgan fingerprint density at radius 2 is 1.55 bits per heavy atom. The van der Waals surface area contributed by atoms with Gasteiger partial charge in [-0.1, -0.05) is 78.9 Å². The van der Waals surface area contributed by atoms with Crippen LogP contribution in [0.3, 0.4) is 0 Å². The molecule has 0 radical (unpaired) electrons. The summed E-state index contributed by atoms with van der Waals surface area (Å²) >= 11 is 0. The van der Waals surface area contributed by atoms with Gasteiger partial charge >= 0.3 is 0 Å². The maximum absolute atomic E-state index is 11.1. The van der Waals surface area contributed by atoms with Gasteiger partial charge in [0.2, 0.25) is 5.88 Å². The second-order valence-corrected chi connectivity index (χ2v) is 9.86. The molecule has 0 saturated heterocycles. The molecule has 0 saturated carbocycles. The van der Waals surface area contributed by atoms with Gasteiger partial charge in [-0.2, -0.15) is 0 Å². The summed E-state index contributed by atoms with van der Waals surface area (Å²) in [5.74, 6) is 2.40. The minimum Gasteiger partial charge on any atom is -0.507 e. The second kappa shape index (κ2) is 8.54. The first-order valence-electron chi connectivity index (χ1n) is 13.0. The summed E-state index contributed by atoms with van der Waals surface area (Å²) in [4.78, 5) is 9.65. The summed E-state index contributed by atoms with van der Waals surface area (Å²) in [6.45, 7) is 0. The van der Waals surface area contributed by atoms with Crippen LogP contribution in [0.5, 0.6) is 23.1 Å². The van der Waals surface area contributed by atoms with E-state index in [1.807, 2.05) is 60.7 Å². The number of phenols is 1. The molecule has 192 valence electrons. The highest BCUT2D eigenvalue weighted by atomic mass is 16.5. The molecular formula is C33H22N4O3. The van der Waals surface area contributed by atoms with Crippen molar-refractivity contribution < 1.29 is 14.6 Å². The third-order valence-corrected chi connectivity index (χ3v) is 7.69. The minimum atomic E-state index is -0.215. The van der Waals surface area contributed by atoms with Crippen molar-refractivity contribution >= 4 is 27.2 Å². The number of fused-ring (bicyclic) bond motifs is 7. The molecule has 7 aromatic rings. The topological polar surface area (TPSA) is 81.8 Å². The molecule has 1 atom stereocenters. The molecule has 7 heteroatoms. The van der Waals surface area contributed by atoms with E-state index in [2.05, 4.69) is 36.4 Å². The van der Waals surface area contributed by atoms with Gasteiger partial charge in [0, 0.05) is 22.3 Å². The van der Waals surface area contributed by atoms with Gasteiger partial charge in [-0.25, -0.2) is 14.5 Å². The fourth-order valence-electron chi connectivity index (χ4n) is 5.74. The second-order valence-electron chi connectivity index (χ2n) is 9.86. The molecule has 5 aromatic carbocycles. The highest BCUT2D eigenvalue weighted by Gasteiger charge is 2.34. The Kier molecular flexibility index (Phi) is 4.81. The average molecular weight is 523 g/mol. The molecule has 8 rings (SSSR count). The molecule has 1 aliphatic heterocycles. The Morgan fingerprint density at radius 1 is 0.825 bits per heavy atom. The van der Waals surface area contributed by atoms with Crippen molar-refractivity contribution in [1.82, 2.24) is 19.6 Å². The van der Waals surface area contributed by atoms with Gasteiger partial charge in [-0.05, 0) is 34.5 Å². The van der Waals surface area contributed by atoms with E-state index < -0.39 is 0 Å². The van der Waals surface area contributed by atoms with E-state index in [-0.39, 0.29) is 11.7 Å².